The van der Waals surface area contributed by atoms with Gasteiger partial charge in [0.15, 0.2) is 0 Å². The van der Waals surface area contributed by atoms with Crippen molar-refractivity contribution in [3.05, 3.63) is 0 Å². The van der Waals surface area contributed by atoms with E-state index in [-0.39, 0.29) is 10.8 Å². The lowest BCUT2D eigenvalue weighted by atomic mass is 9.74. The molecule has 0 amide bonds. The van der Waals surface area contributed by atoms with Crippen molar-refractivity contribution < 1.29 is 8.42 Å². The van der Waals surface area contributed by atoms with Crippen molar-refractivity contribution in [1.82, 2.24) is 4.72 Å². The largest absolute Gasteiger partial charge is 0.329 e. The van der Waals surface area contributed by atoms with Gasteiger partial charge in [-0.25, -0.2) is 13.1 Å². The fourth-order valence-corrected chi connectivity index (χ4v) is 4.53. The Balaban J connectivity index is 2.14. The van der Waals surface area contributed by atoms with Gasteiger partial charge in [0.05, 0.1) is 5.25 Å². The molecule has 0 bridgehead atoms. The van der Waals surface area contributed by atoms with Gasteiger partial charge in [-0.05, 0) is 31.6 Å². The Hall–Kier alpha value is -0.130. The predicted molar refractivity (Wildman–Crippen MR) is 64.5 cm³/mol. The van der Waals surface area contributed by atoms with E-state index in [0.717, 1.165) is 32.1 Å². The fourth-order valence-electron chi connectivity index (χ4n) is 2.66. The zero-order valence-electron chi connectivity index (χ0n) is 9.91. The Morgan fingerprint density at radius 2 is 2.00 bits per heavy atom. The normalized spacial score (nSPS) is 36.2. The average Bonchev–Trinajstić information content (AvgIpc) is 3.05. The molecule has 2 unspecified atom stereocenters. The van der Waals surface area contributed by atoms with E-state index in [9.17, 15) is 8.42 Å². The van der Waals surface area contributed by atoms with Gasteiger partial charge in [-0.2, -0.15) is 0 Å². The molecule has 0 aromatic rings. The third kappa shape index (κ3) is 2.26. The molecule has 0 aromatic heterocycles. The molecule has 2 rings (SSSR count). The summed E-state index contributed by atoms with van der Waals surface area (Å²) in [5.41, 5.74) is 5.45. The minimum atomic E-state index is -3.12. The van der Waals surface area contributed by atoms with Crippen LogP contribution in [0.15, 0.2) is 0 Å². The van der Waals surface area contributed by atoms with Crippen LogP contribution in [0, 0.1) is 5.92 Å². The third-order valence-electron chi connectivity index (χ3n) is 4.13. The van der Waals surface area contributed by atoms with Crippen LogP contribution in [0.1, 0.15) is 45.4 Å². The van der Waals surface area contributed by atoms with Crippen molar-refractivity contribution in [2.75, 3.05) is 6.54 Å². The van der Waals surface area contributed by atoms with Gasteiger partial charge in [0.2, 0.25) is 10.0 Å². The molecule has 4 nitrogen and oxygen atoms in total. The molecule has 5 heteroatoms. The second-order valence-electron chi connectivity index (χ2n) is 5.35. The van der Waals surface area contributed by atoms with Crippen LogP contribution in [0.4, 0.5) is 0 Å². The number of nitrogens with two attached hydrogens (primary N) is 1. The SMILES string of the molecule is CC1CCCCC1(CN)NS(=O)(=O)C1CC1. The lowest BCUT2D eigenvalue weighted by molar-refractivity contribution is 0.191. The summed E-state index contributed by atoms with van der Waals surface area (Å²) >= 11 is 0. The summed E-state index contributed by atoms with van der Waals surface area (Å²) in [7, 11) is -3.12. The molecule has 2 fully saturated rings. The fraction of sp³-hybridized carbons (Fsp3) is 1.00. The Labute approximate surface area is 98.0 Å². The Morgan fingerprint density at radius 1 is 1.31 bits per heavy atom. The molecule has 2 aliphatic carbocycles. The van der Waals surface area contributed by atoms with Crippen molar-refractivity contribution in [3.63, 3.8) is 0 Å². The van der Waals surface area contributed by atoms with Crippen molar-refractivity contribution in [2.24, 2.45) is 11.7 Å². The Morgan fingerprint density at radius 3 is 2.50 bits per heavy atom. The quantitative estimate of drug-likeness (QED) is 0.776. The van der Waals surface area contributed by atoms with Gasteiger partial charge in [-0.1, -0.05) is 19.8 Å². The zero-order valence-corrected chi connectivity index (χ0v) is 10.7. The van der Waals surface area contributed by atoms with Crippen LogP contribution in [0.5, 0.6) is 0 Å². The average molecular weight is 246 g/mol. The van der Waals surface area contributed by atoms with E-state index < -0.39 is 10.0 Å². The summed E-state index contributed by atoms with van der Waals surface area (Å²) in [5, 5.41) is -0.148. The van der Waals surface area contributed by atoms with Gasteiger partial charge in [0, 0.05) is 12.1 Å². The van der Waals surface area contributed by atoms with E-state index in [4.69, 9.17) is 5.73 Å². The number of nitrogens with one attached hydrogen (secondary N) is 1. The highest BCUT2D eigenvalue weighted by Crippen LogP contribution is 2.36. The molecule has 16 heavy (non-hydrogen) atoms. The lowest BCUT2D eigenvalue weighted by Gasteiger charge is -2.42. The van der Waals surface area contributed by atoms with Gasteiger partial charge in [0.25, 0.3) is 0 Å². The minimum Gasteiger partial charge on any atom is -0.329 e. The van der Waals surface area contributed by atoms with E-state index in [1.54, 1.807) is 0 Å². The van der Waals surface area contributed by atoms with Crippen LogP contribution >= 0.6 is 0 Å². The first-order chi connectivity index (χ1) is 7.50. The highest BCUT2D eigenvalue weighted by atomic mass is 32.2. The van der Waals surface area contributed by atoms with E-state index in [0.29, 0.717) is 12.5 Å². The van der Waals surface area contributed by atoms with Gasteiger partial charge in [0.1, 0.15) is 0 Å². The van der Waals surface area contributed by atoms with Gasteiger partial charge >= 0.3 is 0 Å². The first kappa shape index (κ1) is 12.3. The van der Waals surface area contributed by atoms with Gasteiger partial charge in [-0.15, -0.1) is 0 Å². The molecule has 0 aliphatic heterocycles. The van der Waals surface area contributed by atoms with Gasteiger partial charge < -0.3 is 5.73 Å². The van der Waals surface area contributed by atoms with Crippen molar-refractivity contribution in [1.29, 1.82) is 0 Å². The highest BCUT2D eigenvalue weighted by molar-refractivity contribution is 7.90. The zero-order chi connectivity index (χ0) is 11.8. The number of rotatable bonds is 4. The minimum absolute atomic E-state index is 0.148. The van der Waals surface area contributed by atoms with Crippen LogP contribution < -0.4 is 10.5 Å². The second-order valence-corrected chi connectivity index (χ2v) is 7.31. The first-order valence-electron chi connectivity index (χ1n) is 6.23. The number of sulfonamides is 1. The summed E-state index contributed by atoms with van der Waals surface area (Å²) in [5.74, 6) is 0.347. The molecule has 94 valence electrons. The maximum absolute atomic E-state index is 12.0. The summed E-state index contributed by atoms with van der Waals surface area (Å²) < 4.78 is 26.9. The molecular weight excluding hydrogens is 224 g/mol. The van der Waals surface area contributed by atoms with E-state index >= 15 is 0 Å². The topological polar surface area (TPSA) is 72.2 Å². The second kappa shape index (κ2) is 4.27. The molecule has 0 heterocycles. The lowest BCUT2D eigenvalue weighted by Crippen LogP contribution is -2.59. The van der Waals surface area contributed by atoms with Crippen LogP contribution in [0.3, 0.4) is 0 Å². The highest BCUT2D eigenvalue weighted by Gasteiger charge is 2.44. The standard InChI is InChI=1S/C11H22N2O2S/c1-9-4-2-3-7-11(9,8-12)13-16(14,15)10-5-6-10/h9-10,13H,2-8,12H2,1H3. The smallest absolute Gasteiger partial charge is 0.215 e. The molecular formula is C11H22N2O2S. The van der Waals surface area contributed by atoms with Crippen molar-refractivity contribution >= 4 is 10.0 Å². The molecule has 2 atom stereocenters. The molecule has 2 saturated carbocycles. The molecule has 0 aromatic carbocycles. The maximum atomic E-state index is 12.0. The monoisotopic (exact) mass is 246 g/mol. The summed E-state index contributed by atoms with van der Waals surface area (Å²) in [6, 6.07) is 0. The van der Waals surface area contributed by atoms with Crippen LogP contribution in [0.25, 0.3) is 0 Å². The molecule has 0 saturated heterocycles. The van der Waals surface area contributed by atoms with Crippen LogP contribution in [-0.2, 0) is 10.0 Å². The summed E-state index contributed by atoms with van der Waals surface area (Å²) in [6.45, 7) is 2.53. The van der Waals surface area contributed by atoms with E-state index in [1.807, 2.05) is 0 Å². The van der Waals surface area contributed by atoms with Crippen LogP contribution in [-0.4, -0.2) is 25.8 Å². The van der Waals surface area contributed by atoms with E-state index in [1.165, 1.54) is 6.42 Å². The van der Waals surface area contributed by atoms with Crippen molar-refractivity contribution in [2.45, 2.75) is 56.2 Å². The molecule has 3 N–H and O–H groups in total. The molecule has 0 spiro atoms. The summed E-state index contributed by atoms with van der Waals surface area (Å²) in [4.78, 5) is 0. The molecule has 2 aliphatic rings. The van der Waals surface area contributed by atoms with E-state index in [2.05, 4.69) is 11.6 Å². The third-order valence-corrected chi connectivity index (χ3v) is 6.17. The maximum Gasteiger partial charge on any atom is 0.215 e. The Bertz CT molecular complexity index is 351. The Kier molecular flexibility index (Phi) is 3.29. The summed E-state index contributed by atoms with van der Waals surface area (Å²) in [6.07, 6.45) is 5.85. The van der Waals surface area contributed by atoms with Crippen molar-refractivity contribution in [3.8, 4) is 0 Å². The first-order valence-corrected chi connectivity index (χ1v) is 7.78. The number of hydrogen-bond acceptors (Lipinski definition) is 3. The number of hydrogen-bond donors (Lipinski definition) is 2. The molecule has 0 radical (unpaired) electrons. The van der Waals surface area contributed by atoms with Crippen LogP contribution in [0.2, 0.25) is 0 Å². The predicted octanol–water partition coefficient (Wildman–Crippen LogP) is 0.976. The van der Waals surface area contributed by atoms with Gasteiger partial charge in [-0.3, -0.25) is 0 Å².